The lowest BCUT2D eigenvalue weighted by atomic mass is 9.85. The van der Waals surface area contributed by atoms with Gasteiger partial charge in [0, 0.05) is 6.07 Å². The van der Waals surface area contributed by atoms with Gasteiger partial charge in [0.2, 0.25) is 0 Å². The molecular weight excluding hydrogens is 278 g/mol. The Kier molecular flexibility index (Phi) is 3.78. The lowest BCUT2D eigenvalue weighted by molar-refractivity contribution is -0.384. The second kappa shape index (κ2) is 5.38. The van der Waals surface area contributed by atoms with Crippen molar-refractivity contribution in [2.45, 2.75) is 13.0 Å². The van der Waals surface area contributed by atoms with Crippen molar-refractivity contribution < 1.29 is 19.6 Å². The van der Waals surface area contributed by atoms with Crippen molar-refractivity contribution in [2.75, 3.05) is 18.5 Å². The fourth-order valence-corrected chi connectivity index (χ4v) is 2.15. The van der Waals surface area contributed by atoms with Gasteiger partial charge in [-0.3, -0.25) is 14.9 Å². The number of hydrogen-bond acceptors (Lipinski definition) is 6. The Hall–Kier alpha value is -2.66. The molecule has 8 heteroatoms. The molecule has 1 aliphatic rings. The van der Waals surface area contributed by atoms with Crippen molar-refractivity contribution in [3.8, 4) is 6.07 Å². The van der Waals surface area contributed by atoms with Crippen LogP contribution in [0.2, 0.25) is 0 Å². The fourth-order valence-electron chi connectivity index (χ4n) is 2.15. The normalized spacial score (nSPS) is 24.3. The summed E-state index contributed by atoms with van der Waals surface area (Å²) in [5, 5.41) is 32.0. The van der Waals surface area contributed by atoms with Gasteiger partial charge in [0.1, 0.15) is 11.1 Å². The van der Waals surface area contributed by atoms with Crippen LogP contribution in [0, 0.1) is 26.9 Å². The van der Waals surface area contributed by atoms with Crippen molar-refractivity contribution in [3.05, 3.63) is 33.9 Å². The van der Waals surface area contributed by atoms with E-state index in [4.69, 9.17) is 10.00 Å². The molecule has 1 aromatic carbocycles. The third-order valence-electron chi connectivity index (χ3n) is 3.60. The van der Waals surface area contributed by atoms with Crippen LogP contribution in [-0.2, 0) is 9.53 Å². The number of ether oxygens (including phenoxy) is 1. The van der Waals surface area contributed by atoms with Gasteiger partial charge in [-0.25, -0.2) is 0 Å². The number of nitrogens with zero attached hydrogens (tertiary/aromatic N) is 2. The van der Waals surface area contributed by atoms with E-state index in [1.165, 1.54) is 25.1 Å². The minimum absolute atomic E-state index is 0.0196. The third kappa shape index (κ3) is 2.64. The van der Waals surface area contributed by atoms with E-state index in [-0.39, 0.29) is 30.2 Å². The van der Waals surface area contributed by atoms with E-state index in [0.29, 0.717) is 0 Å². The average molecular weight is 291 g/mol. The van der Waals surface area contributed by atoms with Crippen molar-refractivity contribution in [1.82, 2.24) is 0 Å². The first-order valence-corrected chi connectivity index (χ1v) is 6.14. The maximum absolute atomic E-state index is 11.4. The first-order chi connectivity index (χ1) is 9.88. The molecule has 0 aliphatic carbocycles. The average Bonchev–Trinajstić information content (AvgIpc) is 2.81. The molecule has 0 radical (unpaired) electrons. The van der Waals surface area contributed by atoms with Crippen molar-refractivity contribution in [2.24, 2.45) is 5.41 Å². The number of benzene rings is 1. The van der Waals surface area contributed by atoms with Crippen LogP contribution < -0.4 is 5.32 Å². The summed E-state index contributed by atoms with van der Waals surface area (Å²) in [6.45, 7) is 1.66. The maximum atomic E-state index is 11.4. The van der Waals surface area contributed by atoms with Gasteiger partial charge in [0.05, 0.1) is 35.8 Å². The predicted molar refractivity (Wildman–Crippen MR) is 71.8 cm³/mol. The fraction of sp³-hybridized carbons (Fsp3) is 0.385. The van der Waals surface area contributed by atoms with Crippen LogP contribution >= 0.6 is 0 Å². The standard InChI is InChI=1S/C13H13N3O5/c1-13(12(17)18)7-21-6-11(13)15-9-4-8(5-14)2-3-10(9)16(19)20/h2-4,11,15H,6-7H2,1H3,(H,17,18). The Bertz CT molecular complexity index is 639. The molecule has 2 rings (SSSR count). The molecule has 1 fully saturated rings. The molecule has 2 atom stereocenters. The number of aliphatic carboxylic acids is 1. The quantitative estimate of drug-likeness (QED) is 0.633. The number of anilines is 1. The summed E-state index contributed by atoms with van der Waals surface area (Å²) in [5.74, 6) is -1.04. The number of nitro benzene ring substituents is 1. The van der Waals surface area contributed by atoms with Gasteiger partial charge < -0.3 is 15.2 Å². The Morgan fingerprint density at radius 3 is 2.95 bits per heavy atom. The molecular formula is C13H13N3O5. The molecule has 0 saturated carbocycles. The summed E-state index contributed by atoms with van der Waals surface area (Å²) in [6.07, 6.45) is 0. The number of carbonyl (C=O) groups is 1. The first kappa shape index (κ1) is 14.7. The second-order valence-corrected chi connectivity index (χ2v) is 5.04. The van der Waals surface area contributed by atoms with Crippen LogP contribution in [0.5, 0.6) is 0 Å². The van der Waals surface area contributed by atoms with E-state index in [2.05, 4.69) is 5.32 Å². The Labute approximate surface area is 120 Å². The van der Waals surface area contributed by atoms with E-state index in [9.17, 15) is 20.0 Å². The number of nitrogens with one attached hydrogen (secondary N) is 1. The summed E-state index contributed by atoms with van der Waals surface area (Å²) in [5.41, 5.74) is -1.04. The molecule has 0 amide bonds. The van der Waals surface area contributed by atoms with Crippen molar-refractivity contribution in [3.63, 3.8) is 0 Å². The lowest BCUT2D eigenvalue weighted by Gasteiger charge is -2.26. The third-order valence-corrected chi connectivity index (χ3v) is 3.60. The first-order valence-electron chi connectivity index (χ1n) is 6.14. The number of nitro groups is 1. The van der Waals surface area contributed by atoms with E-state index in [0.717, 1.165) is 0 Å². The van der Waals surface area contributed by atoms with E-state index >= 15 is 0 Å². The Morgan fingerprint density at radius 1 is 1.67 bits per heavy atom. The molecule has 0 aromatic heterocycles. The molecule has 1 aromatic rings. The van der Waals surface area contributed by atoms with E-state index in [1.54, 1.807) is 0 Å². The van der Waals surface area contributed by atoms with Crippen LogP contribution in [0.1, 0.15) is 12.5 Å². The van der Waals surface area contributed by atoms with Gasteiger partial charge in [-0.1, -0.05) is 0 Å². The highest BCUT2D eigenvalue weighted by Crippen LogP contribution is 2.34. The molecule has 2 N–H and O–H groups in total. The minimum atomic E-state index is -1.18. The topological polar surface area (TPSA) is 125 Å². The maximum Gasteiger partial charge on any atom is 0.313 e. The zero-order valence-electron chi connectivity index (χ0n) is 11.2. The van der Waals surface area contributed by atoms with Crippen LogP contribution in [0.4, 0.5) is 11.4 Å². The molecule has 21 heavy (non-hydrogen) atoms. The molecule has 1 saturated heterocycles. The molecule has 2 unspecified atom stereocenters. The zero-order valence-corrected chi connectivity index (χ0v) is 11.2. The van der Waals surface area contributed by atoms with Gasteiger partial charge in [0.25, 0.3) is 5.69 Å². The molecule has 0 bridgehead atoms. The monoisotopic (exact) mass is 291 g/mol. The number of carboxylic acids is 1. The van der Waals surface area contributed by atoms with Gasteiger partial charge in [-0.05, 0) is 19.1 Å². The number of hydrogen-bond donors (Lipinski definition) is 2. The summed E-state index contributed by atoms with van der Waals surface area (Å²) >= 11 is 0. The smallest absolute Gasteiger partial charge is 0.313 e. The van der Waals surface area contributed by atoms with Crippen LogP contribution in [0.25, 0.3) is 0 Å². The summed E-state index contributed by atoms with van der Waals surface area (Å²) in [7, 11) is 0. The van der Waals surface area contributed by atoms with Crippen molar-refractivity contribution >= 4 is 17.3 Å². The molecule has 110 valence electrons. The Balaban J connectivity index is 2.37. The van der Waals surface area contributed by atoms with E-state index in [1.807, 2.05) is 6.07 Å². The summed E-state index contributed by atoms with van der Waals surface area (Å²) in [6, 6.07) is 5.16. The molecule has 0 spiro atoms. The minimum Gasteiger partial charge on any atom is -0.481 e. The summed E-state index contributed by atoms with van der Waals surface area (Å²) in [4.78, 5) is 21.8. The molecule has 8 nitrogen and oxygen atoms in total. The van der Waals surface area contributed by atoms with Crippen LogP contribution in [0.15, 0.2) is 18.2 Å². The molecule has 1 heterocycles. The molecule has 1 aliphatic heterocycles. The van der Waals surface area contributed by atoms with Gasteiger partial charge in [-0.2, -0.15) is 5.26 Å². The van der Waals surface area contributed by atoms with Crippen molar-refractivity contribution in [1.29, 1.82) is 5.26 Å². The number of rotatable bonds is 4. The number of nitriles is 1. The summed E-state index contributed by atoms with van der Waals surface area (Å²) < 4.78 is 5.18. The predicted octanol–water partition coefficient (Wildman–Crippen LogP) is 1.37. The second-order valence-electron chi connectivity index (χ2n) is 5.04. The van der Waals surface area contributed by atoms with Gasteiger partial charge in [-0.15, -0.1) is 0 Å². The number of carboxylic acid groups (broad SMARTS) is 1. The SMILES string of the molecule is CC1(C(=O)O)COCC1Nc1cc(C#N)ccc1[N+](=O)[O-]. The zero-order chi connectivity index (χ0) is 15.6. The highest BCUT2D eigenvalue weighted by Gasteiger charge is 2.47. The Morgan fingerprint density at radius 2 is 2.38 bits per heavy atom. The van der Waals surface area contributed by atoms with Gasteiger partial charge >= 0.3 is 5.97 Å². The largest absolute Gasteiger partial charge is 0.481 e. The van der Waals surface area contributed by atoms with Gasteiger partial charge in [0.15, 0.2) is 0 Å². The highest BCUT2D eigenvalue weighted by molar-refractivity contribution is 5.77. The lowest BCUT2D eigenvalue weighted by Crippen LogP contribution is -2.43. The highest BCUT2D eigenvalue weighted by atomic mass is 16.6. The van der Waals surface area contributed by atoms with E-state index < -0.39 is 22.3 Å². The van der Waals surface area contributed by atoms with Crippen LogP contribution in [0.3, 0.4) is 0 Å². The van der Waals surface area contributed by atoms with Crippen LogP contribution in [-0.4, -0.2) is 35.3 Å².